The van der Waals surface area contributed by atoms with Gasteiger partial charge in [-0.25, -0.2) is 0 Å². The first-order valence-electron chi connectivity index (χ1n) is 10.9. The number of carbonyl (C=O) groups is 1. The van der Waals surface area contributed by atoms with E-state index in [9.17, 15) is 14.9 Å². The summed E-state index contributed by atoms with van der Waals surface area (Å²) in [4.78, 5) is 24.4. The van der Waals surface area contributed by atoms with Crippen LogP contribution < -0.4 is 5.43 Å². The third-order valence-corrected chi connectivity index (χ3v) is 5.72. The molecule has 0 fully saturated rings. The van der Waals surface area contributed by atoms with E-state index in [1.165, 1.54) is 17.7 Å². The number of hydrogen-bond acceptors (Lipinski definition) is 5. The van der Waals surface area contributed by atoms with Gasteiger partial charge < -0.3 is 4.40 Å². The Bertz CT molecular complexity index is 1410. The van der Waals surface area contributed by atoms with Crippen molar-refractivity contribution in [1.82, 2.24) is 4.40 Å². The Morgan fingerprint density at radius 2 is 1.79 bits per heavy atom. The first kappa shape index (κ1) is 22.9. The number of aryl methyl sites for hydroxylation is 1. The molecule has 1 N–H and O–H groups in total. The van der Waals surface area contributed by atoms with Crippen molar-refractivity contribution in [2.45, 2.75) is 33.1 Å². The predicted molar refractivity (Wildman–Crippen MR) is 135 cm³/mol. The minimum Gasteiger partial charge on any atom is -0.313 e. The third kappa shape index (κ3) is 4.59. The van der Waals surface area contributed by atoms with Crippen LogP contribution in [0.1, 0.15) is 53.5 Å². The largest absolute Gasteiger partial charge is 0.313 e. The minimum absolute atomic E-state index is 0.0550. The van der Waals surface area contributed by atoms with E-state index in [2.05, 4.69) is 31.3 Å². The molecule has 2 aromatic carbocycles. The van der Waals surface area contributed by atoms with Crippen LogP contribution in [0, 0.1) is 17.0 Å². The maximum Gasteiger partial charge on any atom is 0.294 e. The van der Waals surface area contributed by atoms with Gasteiger partial charge in [-0.2, -0.15) is 5.10 Å². The second-order valence-corrected chi connectivity index (χ2v) is 9.23. The van der Waals surface area contributed by atoms with Crippen LogP contribution in [0.25, 0.3) is 5.52 Å². The summed E-state index contributed by atoms with van der Waals surface area (Å²) < 4.78 is 1.80. The lowest BCUT2D eigenvalue weighted by molar-refractivity contribution is -0.384. The predicted octanol–water partition coefficient (Wildman–Crippen LogP) is 6.13. The normalized spacial score (nSPS) is 11.8. The molecule has 0 aliphatic heterocycles. The second-order valence-electron chi connectivity index (χ2n) is 9.23. The smallest absolute Gasteiger partial charge is 0.294 e. The third-order valence-electron chi connectivity index (χ3n) is 5.72. The molecule has 34 heavy (non-hydrogen) atoms. The van der Waals surface area contributed by atoms with Crippen molar-refractivity contribution in [3.8, 4) is 0 Å². The minimum atomic E-state index is -0.518. The van der Waals surface area contributed by atoms with E-state index in [4.69, 9.17) is 0 Å². The van der Waals surface area contributed by atoms with Crippen molar-refractivity contribution in [1.29, 1.82) is 0 Å². The molecular formula is C27H26N4O3. The van der Waals surface area contributed by atoms with Crippen molar-refractivity contribution >= 4 is 28.9 Å². The highest BCUT2D eigenvalue weighted by Crippen LogP contribution is 2.28. The summed E-state index contributed by atoms with van der Waals surface area (Å²) >= 11 is 0. The quantitative estimate of drug-likeness (QED) is 0.164. The molecule has 2 heterocycles. The Labute approximate surface area is 197 Å². The fourth-order valence-electron chi connectivity index (χ4n) is 3.85. The molecule has 0 amide bonds. The van der Waals surface area contributed by atoms with E-state index in [1.807, 2.05) is 61.7 Å². The number of anilines is 1. The monoisotopic (exact) mass is 454 g/mol. The second kappa shape index (κ2) is 8.94. The number of aromatic nitrogens is 1. The molecule has 0 saturated carbocycles. The molecule has 7 nitrogen and oxygen atoms in total. The topological polar surface area (TPSA) is 89.0 Å². The van der Waals surface area contributed by atoms with Gasteiger partial charge in [-0.15, -0.1) is 0 Å². The van der Waals surface area contributed by atoms with E-state index in [-0.39, 0.29) is 28.1 Å². The van der Waals surface area contributed by atoms with Gasteiger partial charge >= 0.3 is 0 Å². The average molecular weight is 455 g/mol. The molecule has 0 aliphatic carbocycles. The molecule has 4 rings (SSSR count). The Morgan fingerprint density at radius 3 is 2.47 bits per heavy atom. The number of carbonyl (C=O) groups excluding carboxylic acids is 1. The number of benzene rings is 2. The number of rotatable bonds is 6. The zero-order valence-corrected chi connectivity index (χ0v) is 19.6. The summed E-state index contributed by atoms with van der Waals surface area (Å²) in [5.41, 5.74) is 7.29. The molecule has 2 aromatic heterocycles. The summed E-state index contributed by atoms with van der Waals surface area (Å²) in [6.07, 6.45) is 3.41. The number of ketones is 1. The number of pyridine rings is 1. The summed E-state index contributed by atoms with van der Waals surface area (Å²) in [6, 6.07) is 19.9. The number of nitro benzene ring substituents is 1. The van der Waals surface area contributed by atoms with Gasteiger partial charge in [0.2, 0.25) is 5.78 Å². The number of nitrogens with one attached hydrogen (secondary N) is 1. The van der Waals surface area contributed by atoms with Gasteiger partial charge in [-0.1, -0.05) is 51.1 Å². The molecule has 172 valence electrons. The van der Waals surface area contributed by atoms with Crippen LogP contribution in [0.15, 0.2) is 78.0 Å². The highest BCUT2D eigenvalue weighted by molar-refractivity contribution is 6.10. The van der Waals surface area contributed by atoms with Crippen molar-refractivity contribution in [2.75, 3.05) is 5.43 Å². The highest BCUT2D eigenvalue weighted by Gasteiger charge is 2.21. The fraction of sp³-hybridized carbons (Fsp3) is 0.185. The van der Waals surface area contributed by atoms with Crippen LogP contribution in [0.2, 0.25) is 0 Å². The van der Waals surface area contributed by atoms with E-state index < -0.39 is 4.92 Å². The zero-order valence-electron chi connectivity index (χ0n) is 19.6. The van der Waals surface area contributed by atoms with Gasteiger partial charge in [0.15, 0.2) is 0 Å². The Hall–Kier alpha value is -4.26. The Morgan fingerprint density at radius 1 is 1.06 bits per heavy atom. The number of nitro groups is 1. The van der Waals surface area contributed by atoms with Crippen LogP contribution >= 0.6 is 0 Å². The van der Waals surface area contributed by atoms with Gasteiger partial charge in [-0.05, 0) is 59.4 Å². The van der Waals surface area contributed by atoms with Gasteiger partial charge in [0.05, 0.1) is 16.8 Å². The highest BCUT2D eigenvalue weighted by atomic mass is 16.6. The van der Waals surface area contributed by atoms with Gasteiger partial charge in [0, 0.05) is 23.3 Å². The molecular weight excluding hydrogens is 428 g/mol. The molecule has 0 spiro atoms. The summed E-state index contributed by atoms with van der Waals surface area (Å²) in [5.74, 6) is -0.277. The van der Waals surface area contributed by atoms with Gasteiger partial charge in [0.1, 0.15) is 5.69 Å². The number of hydrazone groups is 1. The van der Waals surface area contributed by atoms with E-state index in [0.29, 0.717) is 5.69 Å². The van der Waals surface area contributed by atoms with Crippen LogP contribution in [0.4, 0.5) is 11.4 Å². The number of fused-ring (bicyclic) bond motifs is 1. The average Bonchev–Trinajstić information content (AvgIpc) is 3.14. The van der Waals surface area contributed by atoms with E-state index >= 15 is 0 Å². The van der Waals surface area contributed by atoms with E-state index in [1.54, 1.807) is 16.7 Å². The molecule has 0 unspecified atom stereocenters. The maximum absolute atomic E-state index is 13.2. The molecule has 0 bridgehead atoms. The van der Waals surface area contributed by atoms with Crippen molar-refractivity contribution < 1.29 is 9.72 Å². The lowest BCUT2D eigenvalue weighted by Crippen LogP contribution is -2.10. The molecule has 0 atom stereocenters. The number of hydrogen-bond donors (Lipinski definition) is 1. The molecule has 0 radical (unpaired) electrons. The lowest BCUT2D eigenvalue weighted by Gasteiger charge is -2.18. The Balaban J connectivity index is 1.58. The molecule has 0 saturated heterocycles. The first-order chi connectivity index (χ1) is 16.1. The maximum atomic E-state index is 13.2. The standard InChI is InChI=1S/C27H26N4O3/c1-18-15-22-7-5-6-14-30(22)25(18)26(32)20-10-13-23(24(16-20)31(33)34)29-28-17-19-8-11-21(12-9-19)27(2,3)4/h5-17,29H,1-4H3. The van der Waals surface area contributed by atoms with Crippen molar-refractivity contribution in [3.05, 3.63) is 111 Å². The van der Waals surface area contributed by atoms with Crippen molar-refractivity contribution in [2.24, 2.45) is 5.10 Å². The Kier molecular flexibility index (Phi) is 6.03. The van der Waals surface area contributed by atoms with Crippen LogP contribution in [-0.2, 0) is 5.41 Å². The van der Waals surface area contributed by atoms with Crippen LogP contribution in [0.3, 0.4) is 0 Å². The fourth-order valence-corrected chi connectivity index (χ4v) is 3.85. The van der Waals surface area contributed by atoms with Gasteiger partial charge in [0.25, 0.3) is 5.69 Å². The van der Waals surface area contributed by atoms with Gasteiger partial charge in [-0.3, -0.25) is 20.3 Å². The van der Waals surface area contributed by atoms with Crippen molar-refractivity contribution in [3.63, 3.8) is 0 Å². The molecule has 4 aromatic rings. The summed E-state index contributed by atoms with van der Waals surface area (Å²) in [7, 11) is 0. The van der Waals surface area contributed by atoms with Crippen LogP contribution in [-0.4, -0.2) is 21.3 Å². The number of nitrogens with zero attached hydrogens (tertiary/aromatic N) is 3. The van der Waals surface area contributed by atoms with Crippen LogP contribution in [0.5, 0.6) is 0 Å². The van der Waals surface area contributed by atoms with E-state index in [0.717, 1.165) is 16.6 Å². The first-order valence-corrected chi connectivity index (χ1v) is 10.9. The SMILES string of the molecule is Cc1cc2ccccn2c1C(=O)c1ccc(NN=Cc2ccc(C(C)(C)C)cc2)c([N+](=O)[O-])c1. The zero-order chi connectivity index (χ0) is 24.5. The molecule has 7 heteroatoms. The lowest BCUT2D eigenvalue weighted by atomic mass is 9.87. The summed E-state index contributed by atoms with van der Waals surface area (Å²) in [5, 5.41) is 15.9. The summed E-state index contributed by atoms with van der Waals surface area (Å²) in [6.45, 7) is 8.29. The molecule has 0 aliphatic rings.